The molecule has 1 amide bonds. The van der Waals surface area contributed by atoms with Crippen LogP contribution in [0, 0.1) is 6.92 Å². The number of benzene rings is 2. The number of anilines is 1. The summed E-state index contributed by atoms with van der Waals surface area (Å²) < 4.78 is 11.9. The lowest BCUT2D eigenvalue weighted by molar-refractivity contribution is -0.118. The van der Waals surface area contributed by atoms with E-state index in [2.05, 4.69) is 26.6 Å². The van der Waals surface area contributed by atoms with Crippen molar-refractivity contribution in [2.75, 3.05) is 32.2 Å². The van der Waals surface area contributed by atoms with Gasteiger partial charge < -0.3 is 25.2 Å². The number of carbonyl (C=O) groups is 1. The molecule has 0 aliphatic heterocycles. The number of hydrogen-bond acceptors (Lipinski definition) is 5. The van der Waals surface area contributed by atoms with Crippen LogP contribution in [0.25, 0.3) is 0 Å². The third-order valence-electron chi connectivity index (χ3n) is 3.85. The number of aryl methyl sites for hydroxylation is 1. The van der Waals surface area contributed by atoms with Crippen LogP contribution in [-0.2, 0) is 11.3 Å². The van der Waals surface area contributed by atoms with E-state index in [1.807, 2.05) is 37.3 Å². The Morgan fingerprint density at radius 1 is 1.19 bits per heavy atom. The second-order valence-corrected chi connectivity index (χ2v) is 6.91. The highest BCUT2D eigenvalue weighted by atomic mass is 79.9. The molecule has 0 heterocycles. The third kappa shape index (κ3) is 6.86. The van der Waals surface area contributed by atoms with Crippen molar-refractivity contribution in [3.63, 3.8) is 0 Å². The van der Waals surface area contributed by atoms with Gasteiger partial charge in [0.05, 0.1) is 7.11 Å². The fourth-order valence-corrected chi connectivity index (χ4v) is 2.85. The third-order valence-corrected chi connectivity index (χ3v) is 4.59. The van der Waals surface area contributed by atoms with Crippen LogP contribution in [0.1, 0.15) is 17.5 Å². The summed E-state index contributed by atoms with van der Waals surface area (Å²) in [7, 11) is 1.56. The zero-order valence-corrected chi connectivity index (χ0v) is 17.1. The summed E-state index contributed by atoms with van der Waals surface area (Å²) in [5.41, 5.74) is 2.86. The molecule has 0 aliphatic carbocycles. The van der Waals surface area contributed by atoms with E-state index < -0.39 is 0 Å². The fourth-order valence-electron chi connectivity index (χ4n) is 2.39. The van der Waals surface area contributed by atoms with E-state index in [9.17, 15) is 4.79 Å². The van der Waals surface area contributed by atoms with Crippen molar-refractivity contribution in [2.24, 2.45) is 0 Å². The molecule has 2 aromatic carbocycles. The van der Waals surface area contributed by atoms with Crippen molar-refractivity contribution in [1.82, 2.24) is 5.32 Å². The molecular formula is C20H25BrN2O4. The maximum Gasteiger partial charge on any atom is 0.262 e. The lowest BCUT2D eigenvalue weighted by Crippen LogP contribution is -2.20. The zero-order valence-electron chi connectivity index (χ0n) is 15.5. The lowest BCUT2D eigenvalue weighted by atomic mass is 10.2. The number of amides is 1. The largest absolute Gasteiger partial charge is 0.493 e. The van der Waals surface area contributed by atoms with Gasteiger partial charge in [0.15, 0.2) is 18.1 Å². The van der Waals surface area contributed by atoms with Crippen LogP contribution < -0.4 is 20.1 Å². The quantitative estimate of drug-likeness (QED) is 0.498. The van der Waals surface area contributed by atoms with Gasteiger partial charge in [-0.15, -0.1) is 0 Å². The van der Waals surface area contributed by atoms with Crippen LogP contribution in [0.15, 0.2) is 40.9 Å². The van der Waals surface area contributed by atoms with Gasteiger partial charge in [-0.05, 0) is 49.7 Å². The van der Waals surface area contributed by atoms with Gasteiger partial charge in [0.25, 0.3) is 5.91 Å². The summed E-state index contributed by atoms with van der Waals surface area (Å²) in [5.74, 6) is 0.801. The molecule has 0 saturated carbocycles. The Hall–Kier alpha value is -2.09. The molecule has 3 N–H and O–H groups in total. The van der Waals surface area contributed by atoms with Gasteiger partial charge in [0.1, 0.15) is 0 Å². The highest BCUT2D eigenvalue weighted by Crippen LogP contribution is 2.33. The maximum atomic E-state index is 12.1. The predicted molar refractivity (Wildman–Crippen MR) is 109 cm³/mol. The van der Waals surface area contributed by atoms with Gasteiger partial charge in [-0.1, -0.05) is 33.6 Å². The van der Waals surface area contributed by atoms with Crippen LogP contribution in [0.5, 0.6) is 11.5 Å². The molecule has 27 heavy (non-hydrogen) atoms. The minimum Gasteiger partial charge on any atom is -0.493 e. The molecule has 0 aliphatic rings. The molecule has 0 radical (unpaired) electrons. The topological polar surface area (TPSA) is 79.8 Å². The van der Waals surface area contributed by atoms with Crippen LogP contribution in [0.3, 0.4) is 0 Å². The van der Waals surface area contributed by atoms with E-state index >= 15 is 0 Å². The second kappa shape index (κ2) is 10.9. The summed E-state index contributed by atoms with van der Waals surface area (Å²) in [6.45, 7) is 3.39. The Morgan fingerprint density at radius 3 is 2.59 bits per heavy atom. The van der Waals surface area contributed by atoms with E-state index in [4.69, 9.17) is 14.6 Å². The molecule has 146 valence electrons. The Labute approximate surface area is 168 Å². The fraction of sp³-hybridized carbons (Fsp3) is 0.350. The summed E-state index contributed by atoms with van der Waals surface area (Å²) in [6, 6.07) is 11.2. The first kappa shape index (κ1) is 21.2. The molecule has 0 atom stereocenters. The molecule has 0 spiro atoms. The van der Waals surface area contributed by atoms with Gasteiger partial charge >= 0.3 is 0 Å². The Bertz CT molecular complexity index is 750. The van der Waals surface area contributed by atoms with E-state index in [-0.39, 0.29) is 19.1 Å². The summed E-state index contributed by atoms with van der Waals surface area (Å²) >= 11 is 3.52. The Balaban J connectivity index is 1.95. The number of aliphatic hydroxyl groups excluding tert-OH is 1. The number of ether oxygens (including phenoxy) is 2. The number of rotatable bonds is 10. The molecule has 7 heteroatoms. The first-order valence-electron chi connectivity index (χ1n) is 8.70. The summed E-state index contributed by atoms with van der Waals surface area (Å²) in [4.78, 5) is 12.1. The van der Waals surface area contributed by atoms with Gasteiger partial charge in [0, 0.05) is 23.3 Å². The van der Waals surface area contributed by atoms with Gasteiger partial charge in [-0.25, -0.2) is 0 Å². The number of methoxy groups -OCH3 is 1. The second-order valence-electron chi connectivity index (χ2n) is 6.05. The van der Waals surface area contributed by atoms with Crippen molar-refractivity contribution in [3.8, 4) is 11.5 Å². The molecule has 0 bridgehead atoms. The number of hydrogen-bond donors (Lipinski definition) is 3. The highest BCUT2D eigenvalue weighted by Gasteiger charge is 2.12. The molecule has 0 fully saturated rings. The first-order valence-corrected chi connectivity index (χ1v) is 9.50. The molecule has 6 nitrogen and oxygen atoms in total. The van der Waals surface area contributed by atoms with Crippen molar-refractivity contribution in [1.29, 1.82) is 0 Å². The average Bonchev–Trinajstić information content (AvgIpc) is 2.66. The SMILES string of the molecule is COc1cc(CNCCCO)c(Br)cc1OCC(=O)Nc1ccc(C)cc1. The number of aliphatic hydroxyl groups is 1. The molecule has 2 rings (SSSR count). The van der Waals surface area contributed by atoms with E-state index in [0.717, 1.165) is 27.8 Å². The normalized spacial score (nSPS) is 10.5. The monoisotopic (exact) mass is 436 g/mol. The first-order chi connectivity index (χ1) is 13.0. The molecular weight excluding hydrogens is 412 g/mol. The average molecular weight is 437 g/mol. The van der Waals surface area contributed by atoms with E-state index in [0.29, 0.717) is 24.5 Å². The van der Waals surface area contributed by atoms with Crippen molar-refractivity contribution < 1.29 is 19.4 Å². The molecule has 0 unspecified atom stereocenters. The molecule has 0 saturated heterocycles. The standard InChI is InChI=1S/C20H25BrN2O4/c1-14-4-6-16(7-5-14)23-20(25)13-27-19-11-17(21)15(10-18(19)26-2)12-22-8-3-9-24/h4-7,10-11,22,24H,3,8-9,12-13H2,1-2H3,(H,23,25). The zero-order chi connectivity index (χ0) is 19.6. The van der Waals surface area contributed by atoms with Crippen molar-refractivity contribution in [3.05, 3.63) is 52.0 Å². The van der Waals surface area contributed by atoms with Crippen LogP contribution in [0.4, 0.5) is 5.69 Å². The van der Waals surface area contributed by atoms with Crippen LogP contribution in [-0.4, -0.2) is 37.9 Å². The number of carbonyl (C=O) groups excluding carboxylic acids is 1. The summed E-state index contributed by atoms with van der Waals surface area (Å²) in [6.07, 6.45) is 0.700. The molecule has 0 aromatic heterocycles. The van der Waals surface area contributed by atoms with Gasteiger partial charge in [-0.3, -0.25) is 4.79 Å². The summed E-state index contributed by atoms with van der Waals surface area (Å²) in [5, 5.41) is 14.9. The van der Waals surface area contributed by atoms with Gasteiger partial charge in [0.2, 0.25) is 0 Å². The maximum absolute atomic E-state index is 12.1. The predicted octanol–water partition coefficient (Wildman–Crippen LogP) is 3.26. The lowest BCUT2D eigenvalue weighted by Gasteiger charge is -2.14. The number of halogens is 1. The van der Waals surface area contributed by atoms with Gasteiger partial charge in [-0.2, -0.15) is 0 Å². The minimum absolute atomic E-state index is 0.120. The van der Waals surface area contributed by atoms with Crippen LogP contribution in [0.2, 0.25) is 0 Å². The Kier molecular flexibility index (Phi) is 8.57. The minimum atomic E-state index is -0.244. The van der Waals surface area contributed by atoms with E-state index in [1.165, 1.54) is 0 Å². The van der Waals surface area contributed by atoms with E-state index in [1.54, 1.807) is 13.2 Å². The van der Waals surface area contributed by atoms with Crippen LogP contribution >= 0.6 is 15.9 Å². The van der Waals surface area contributed by atoms with Crippen molar-refractivity contribution >= 4 is 27.5 Å². The van der Waals surface area contributed by atoms with Crippen molar-refractivity contribution in [2.45, 2.75) is 19.9 Å². The number of nitrogens with one attached hydrogen (secondary N) is 2. The molecule has 2 aromatic rings. The highest BCUT2D eigenvalue weighted by molar-refractivity contribution is 9.10. The Morgan fingerprint density at radius 2 is 1.93 bits per heavy atom. The smallest absolute Gasteiger partial charge is 0.262 e.